The van der Waals surface area contributed by atoms with Crippen molar-refractivity contribution in [1.29, 1.82) is 0 Å². The summed E-state index contributed by atoms with van der Waals surface area (Å²) < 4.78 is 21.0. The summed E-state index contributed by atoms with van der Waals surface area (Å²) >= 11 is 0. The number of anilines is 1. The number of halogens is 1. The first-order chi connectivity index (χ1) is 13.7. The molecule has 0 bridgehead atoms. The summed E-state index contributed by atoms with van der Waals surface area (Å²) in [5.41, 5.74) is 2.27. The molecule has 9 heteroatoms. The van der Waals surface area contributed by atoms with Crippen LogP contribution in [0.15, 0.2) is 43.1 Å². The quantitative estimate of drug-likeness (QED) is 0.587. The van der Waals surface area contributed by atoms with E-state index in [4.69, 9.17) is 9.72 Å². The van der Waals surface area contributed by atoms with Gasteiger partial charge < -0.3 is 14.6 Å². The number of fused-ring (bicyclic) bond motifs is 1. The van der Waals surface area contributed by atoms with E-state index in [1.807, 2.05) is 12.3 Å². The Kier molecular flexibility index (Phi) is 3.92. The summed E-state index contributed by atoms with van der Waals surface area (Å²) in [5.74, 6) is 1.59. The molecule has 28 heavy (non-hydrogen) atoms. The molecule has 0 radical (unpaired) electrons. The third-order valence-electron chi connectivity index (χ3n) is 5.05. The number of nitrogens with one attached hydrogen (secondary N) is 1. The summed E-state index contributed by atoms with van der Waals surface area (Å²) in [6.07, 6.45) is 10.1. The number of pyridine rings is 1. The lowest BCUT2D eigenvalue weighted by atomic mass is 10.1. The predicted octanol–water partition coefficient (Wildman–Crippen LogP) is 3.00. The Morgan fingerprint density at radius 3 is 3.04 bits per heavy atom. The average molecular weight is 379 g/mol. The minimum atomic E-state index is -0.373. The van der Waals surface area contributed by atoms with Crippen molar-refractivity contribution < 1.29 is 9.13 Å². The summed E-state index contributed by atoms with van der Waals surface area (Å²) in [6.45, 7) is 0.817. The van der Waals surface area contributed by atoms with Gasteiger partial charge in [0.2, 0.25) is 5.88 Å². The number of H-pyrrole nitrogens is 1. The van der Waals surface area contributed by atoms with Crippen molar-refractivity contribution >= 4 is 11.5 Å². The zero-order valence-electron chi connectivity index (χ0n) is 15.2. The second-order valence-electron chi connectivity index (χ2n) is 6.65. The highest BCUT2D eigenvalue weighted by Crippen LogP contribution is 2.39. The third-order valence-corrected chi connectivity index (χ3v) is 5.05. The van der Waals surface area contributed by atoms with Crippen molar-refractivity contribution in [3.8, 4) is 17.3 Å². The zero-order chi connectivity index (χ0) is 19.1. The maximum absolute atomic E-state index is 13.9. The number of ether oxygens (including phenoxy) is 1. The molecule has 0 amide bonds. The SMILES string of the molecule is COc1ncc(F)cc1[C@H]1CCCN1c1ccn2ncc(-c3ncc[nH]3)c2n1. The van der Waals surface area contributed by atoms with Crippen molar-refractivity contribution in [2.45, 2.75) is 18.9 Å². The van der Waals surface area contributed by atoms with Crippen molar-refractivity contribution in [3.05, 3.63) is 54.5 Å². The van der Waals surface area contributed by atoms with Crippen LogP contribution in [0.4, 0.5) is 10.2 Å². The van der Waals surface area contributed by atoms with Gasteiger partial charge in [0.25, 0.3) is 0 Å². The Bertz CT molecular complexity index is 1120. The Morgan fingerprint density at radius 1 is 1.29 bits per heavy atom. The van der Waals surface area contributed by atoms with Crippen LogP contribution in [0.5, 0.6) is 5.88 Å². The Labute approximate surface area is 160 Å². The molecular formula is C19H18FN7O. The molecule has 0 aliphatic carbocycles. The van der Waals surface area contributed by atoms with Gasteiger partial charge in [-0.15, -0.1) is 0 Å². The van der Waals surface area contributed by atoms with E-state index in [1.54, 1.807) is 30.2 Å². The van der Waals surface area contributed by atoms with E-state index >= 15 is 0 Å². The van der Waals surface area contributed by atoms with Crippen molar-refractivity contribution in [2.75, 3.05) is 18.6 Å². The van der Waals surface area contributed by atoms with E-state index in [0.717, 1.165) is 36.3 Å². The highest BCUT2D eigenvalue weighted by atomic mass is 19.1. The summed E-state index contributed by atoms with van der Waals surface area (Å²) in [4.78, 5) is 18.5. The van der Waals surface area contributed by atoms with Gasteiger partial charge in [0.05, 0.1) is 31.1 Å². The lowest BCUT2D eigenvalue weighted by molar-refractivity contribution is 0.385. The van der Waals surface area contributed by atoms with Crippen molar-refractivity contribution in [1.82, 2.24) is 29.5 Å². The second-order valence-corrected chi connectivity index (χ2v) is 6.65. The molecule has 142 valence electrons. The molecule has 0 aromatic carbocycles. The molecule has 0 saturated carbocycles. The summed E-state index contributed by atoms with van der Waals surface area (Å²) in [7, 11) is 1.55. The molecule has 4 aromatic rings. The molecule has 1 saturated heterocycles. The normalized spacial score (nSPS) is 16.8. The van der Waals surface area contributed by atoms with E-state index in [2.05, 4.69) is 25.0 Å². The molecule has 0 spiro atoms. The Hall–Kier alpha value is -3.49. The zero-order valence-corrected chi connectivity index (χ0v) is 15.2. The fraction of sp³-hybridized carbons (Fsp3) is 0.263. The first-order valence-electron chi connectivity index (χ1n) is 9.05. The minimum absolute atomic E-state index is 0.0527. The fourth-order valence-electron chi connectivity index (χ4n) is 3.81. The van der Waals surface area contributed by atoms with Crippen LogP contribution in [-0.2, 0) is 0 Å². The van der Waals surface area contributed by atoms with Crippen molar-refractivity contribution in [2.24, 2.45) is 0 Å². The van der Waals surface area contributed by atoms with Gasteiger partial charge in [-0.05, 0) is 25.0 Å². The van der Waals surface area contributed by atoms with E-state index in [-0.39, 0.29) is 11.9 Å². The van der Waals surface area contributed by atoms with Crippen LogP contribution >= 0.6 is 0 Å². The van der Waals surface area contributed by atoms with Gasteiger partial charge in [-0.1, -0.05) is 0 Å². The first kappa shape index (κ1) is 16.7. The highest BCUT2D eigenvalue weighted by Gasteiger charge is 2.30. The average Bonchev–Trinajstić information content (AvgIpc) is 3.46. The van der Waals surface area contributed by atoms with Crippen LogP contribution in [0, 0.1) is 5.82 Å². The lowest BCUT2D eigenvalue weighted by Crippen LogP contribution is -2.24. The number of imidazole rings is 1. The fourth-order valence-corrected chi connectivity index (χ4v) is 3.81. The van der Waals surface area contributed by atoms with E-state index in [1.165, 1.54) is 12.3 Å². The van der Waals surface area contributed by atoms with Gasteiger partial charge in [0.1, 0.15) is 17.5 Å². The van der Waals surface area contributed by atoms with Gasteiger partial charge in [-0.2, -0.15) is 5.10 Å². The largest absolute Gasteiger partial charge is 0.481 e. The van der Waals surface area contributed by atoms with Crippen LogP contribution in [-0.4, -0.2) is 43.2 Å². The number of nitrogens with zero attached hydrogens (tertiary/aromatic N) is 6. The maximum Gasteiger partial charge on any atom is 0.218 e. The van der Waals surface area contributed by atoms with E-state index < -0.39 is 0 Å². The number of hydrogen-bond acceptors (Lipinski definition) is 6. The number of aromatic amines is 1. The lowest BCUT2D eigenvalue weighted by Gasteiger charge is -2.26. The third kappa shape index (κ3) is 2.67. The van der Waals surface area contributed by atoms with Crippen LogP contribution in [0.2, 0.25) is 0 Å². The topological polar surface area (TPSA) is 84.2 Å². The molecule has 8 nitrogen and oxygen atoms in total. The smallest absolute Gasteiger partial charge is 0.218 e. The molecule has 4 aromatic heterocycles. The number of hydrogen-bond donors (Lipinski definition) is 1. The Balaban J connectivity index is 1.58. The summed E-state index contributed by atoms with van der Waals surface area (Å²) in [5, 5.41) is 4.35. The number of methoxy groups -OCH3 is 1. The highest BCUT2D eigenvalue weighted by molar-refractivity contribution is 5.73. The molecule has 1 aliphatic rings. The Morgan fingerprint density at radius 2 is 2.21 bits per heavy atom. The monoisotopic (exact) mass is 379 g/mol. The molecule has 0 unspecified atom stereocenters. The molecule has 1 N–H and O–H groups in total. The second kappa shape index (κ2) is 6.59. The van der Waals surface area contributed by atoms with Gasteiger partial charge >= 0.3 is 0 Å². The maximum atomic E-state index is 13.9. The van der Waals surface area contributed by atoms with Crippen LogP contribution < -0.4 is 9.64 Å². The van der Waals surface area contributed by atoms with Gasteiger partial charge in [0, 0.05) is 30.7 Å². The first-order valence-corrected chi connectivity index (χ1v) is 9.05. The van der Waals surface area contributed by atoms with Crippen LogP contribution in [0.25, 0.3) is 17.0 Å². The molecule has 1 atom stereocenters. The number of aromatic nitrogens is 6. The minimum Gasteiger partial charge on any atom is -0.481 e. The molecule has 1 fully saturated rings. The number of rotatable bonds is 4. The van der Waals surface area contributed by atoms with Crippen molar-refractivity contribution in [3.63, 3.8) is 0 Å². The van der Waals surface area contributed by atoms with Gasteiger partial charge in [-0.25, -0.2) is 23.9 Å². The predicted molar refractivity (Wildman–Crippen MR) is 101 cm³/mol. The van der Waals surface area contributed by atoms with E-state index in [9.17, 15) is 4.39 Å². The molecular weight excluding hydrogens is 361 g/mol. The van der Waals surface area contributed by atoms with Crippen LogP contribution in [0.3, 0.4) is 0 Å². The molecule has 1 aliphatic heterocycles. The van der Waals surface area contributed by atoms with E-state index in [0.29, 0.717) is 17.4 Å². The standard InChI is InChI=1S/C19H18FN7O/c1-28-19-13(9-12(20)10-23-19)15-3-2-7-26(15)16-4-8-27-18(25-16)14(11-24-27)17-21-5-6-22-17/h4-6,8-11,15H,2-3,7H2,1H3,(H,21,22)/t15-/m1/s1. The summed E-state index contributed by atoms with van der Waals surface area (Å²) in [6, 6.07) is 3.37. The molecule has 5 heterocycles. The van der Waals surface area contributed by atoms with Crippen LogP contribution in [0.1, 0.15) is 24.4 Å². The molecule has 5 rings (SSSR count). The van der Waals surface area contributed by atoms with Gasteiger partial charge in [0.15, 0.2) is 5.65 Å². The van der Waals surface area contributed by atoms with Gasteiger partial charge in [-0.3, -0.25) is 0 Å².